The fraction of sp³-hybridized carbons (Fsp3) is 0.615. The highest BCUT2D eigenvalue weighted by Crippen LogP contribution is 2.32. The lowest BCUT2D eigenvalue weighted by molar-refractivity contribution is -0.118. The average Bonchev–Trinajstić information content (AvgIpc) is 2.57. The van der Waals surface area contributed by atoms with Crippen molar-refractivity contribution in [3.63, 3.8) is 0 Å². The van der Waals surface area contributed by atoms with Crippen LogP contribution >= 0.6 is 0 Å². The molecule has 0 aromatic carbocycles. The maximum Gasteiger partial charge on any atom is 0.217 e. The van der Waals surface area contributed by atoms with Gasteiger partial charge in [0.1, 0.15) is 0 Å². The third-order valence-corrected chi connectivity index (χ3v) is 3.50. The Morgan fingerprint density at radius 1 is 1.65 bits per heavy atom. The Kier molecular flexibility index (Phi) is 3.52. The average molecular weight is 236 g/mol. The van der Waals surface area contributed by atoms with Gasteiger partial charge in [0.25, 0.3) is 0 Å². The smallest absolute Gasteiger partial charge is 0.217 e. The van der Waals surface area contributed by atoms with Crippen LogP contribution in [0.4, 0.5) is 0 Å². The fourth-order valence-electron chi connectivity index (χ4n) is 2.66. The number of primary amides is 1. The molecule has 94 valence electrons. The zero-order valence-corrected chi connectivity index (χ0v) is 10.3. The molecule has 3 N–H and O–H groups in total. The number of nitrogens with two attached hydrogens (primary N) is 1. The molecule has 0 saturated carbocycles. The van der Waals surface area contributed by atoms with Gasteiger partial charge in [-0.05, 0) is 38.7 Å². The van der Waals surface area contributed by atoms with Crippen molar-refractivity contribution in [2.45, 2.75) is 51.7 Å². The molecule has 1 aliphatic rings. The van der Waals surface area contributed by atoms with Crippen LogP contribution in [0.3, 0.4) is 0 Å². The number of nitrogens with zero attached hydrogens (tertiary/aromatic N) is 1. The molecule has 2 rings (SSSR count). The molecule has 0 fully saturated rings. The van der Waals surface area contributed by atoms with Crippen molar-refractivity contribution in [3.05, 3.63) is 23.0 Å². The zero-order valence-electron chi connectivity index (χ0n) is 10.3. The largest absolute Gasteiger partial charge is 0.388 e. The van der Waals surface area contributed by atoms with Crippen LogP contribution < -0.4 is 5.73 Å². The molecule has 1 unspecified atom stereocenters. The van der Waals surface area contributed by atoms with E-state index in [1.54, 1.807) is 0 Å². The summed E-state index contributed by atoms with van der Waals surface area (Å²) in [7, 11) is 0. The van der Waals surface area contributed by atoms with Gasteiger partial charge in [-0.1, -0.05) is 0 Å². The molecule has 1 amide bonds. The normalized spacial score (nSPS) is 19.1. The van der Waals surface area contributed by atoms with Crippen molar-refractivity contribution >= 4 is 5.91 Å². The number of hydrogen-bond donors (Lipinski definition) is 2. The number of fused-ring (bicyclic) bond motifs is 1. The van der Waals surface area contributed by atoms with E-state index in [4.69, 9.17) is 5.73 Å². The Bertz CT molecular complexity index is 423. The molecule has 4 heteroatoms. The van der Waals surface area contributed by atoms with Gasteiger partial charge in [0, 0.05) is 29.9 Å². The van der Waals surface area contributed by atoms with Gasteiger partial charge < -0.3 is 15.4 Å². The molecule has 17 heavy (non-hydrogen) atoms. The van der Waals surface area contributed by atoms with Gasteiger partial charge >= 0.3 is 0 Å². The number of aliphatic hydroxyl groups excluding tert-OH is 1. The molecule has 1 aromatic heterocycles. The van der Waals surface area contributed by atoms with Gasteiger partial charge in [0.15, 0.2) is 0 Å². The lowest BCUT2D eigenvalue weighted by Crippen LogP contribution is -2.15. The summed E-state index contributed by atoms with van der Waals surface area (Å²) in [6, 6.07) is 2.07. The second-order valence-electron chi connectivity index (χ2n) is 4.82. The number of hydrogen-bond acceptors (Lipinski definition) is 2. The Morgan fingerprint density at radius 3 is 3.12 bits per heavy atom. The van der Waals surface area contributed by atoms with Crippen molar-refractivity contribution in [3.8, 4) is 0 Å². The lowest BCUT2D eigenvalue weighted by Gasteiger charge is -2.20. The van der Waals surface area contributed by atoms with Crippen molar-refractivity contribution in [2.75, 3.05) is 0 Å². The van der Waals surface area contributed by atoms with E-state index in [1.165, 1.54) is 11.4 Å². The summed E-state index contributed by atoms with van der Waals surface area (Å²) < 4.78 is 2.22. The Labute approximate surface area is 101 Å². The highest BCUT2D eigenvalue weighted by Gasteiger charge is 2.22. The first kappa shape index (κ1) is 12.2. The molecule has 1 atom stereocenters. The van der Waals surface area contributed by atoms with Crippen molar-refractivity contribution in [1.29, 1.82) is 0 Å². The third-order valence-electron chi connectivity index (χ3n) is 3.50. The predicted molar refractivity (Wildman–Crippen MR) is 65.5 cm³/mol. The SMILES string of the molecule is Cc1cc2c(n1CCCC(N)=O)CCCC2O. The Morgan fingerprint density at radius 2 is 2.41 bits per heavy atom. The minimum Gasteiger partial charge on any atom is -0.388 e. The minimum atomic E-state index is -0.310. The standard InChI is InChI=1S/C13H20N2O2/c1-9-8-10-11(4-2-5-12(10)16)15(9)7-3-6-13(14)17/h8,12,16H,2-7H2,1H3,(H2,14,17). The number of aryl methyl sites for hydroxylation is 1. The Hall–Kier alpha value is -1.29. The molecule has 0 radical (unpaired) electrons. The van der Waals surface area contributed by atoms with Crippen LogP contribution in [0.2, 0.25) is 0 Å². The topological polar surface area (TPSA) is 68.2 Å². The van der Waals surface area contributed by atoms with Gasteiger partial charge in [-0.15, -0.1) is 0 Å². The Balaban J connectivity index is 2.14. The maximum atomic E-state index is 10.7. The number of amides is 1. The maximum absolute atomic E-state index is 10.7. The van der Waals surface area contributed by atoms with Crippen molar-refractivity contribution in [1.82, 2.24) is 4.57 Å². The van der Waals surface area contributed by atoms with Gasteiger partial charge in [-0.2, -0.15) is 0 Å². The summed E-state index contributed by atoms with van der Waals surface area (Å²) in [5, 5.41) is 9.93. The van der Waals surface area contributed by atoms with Gasteiger partial charge in [0.05, 0.1) is 6.10 Å². The molecule has 1 heterocycles. The second kappa shape index (κ2) is 4.92. The van der Waals surface area contributed by atoms with Crippen LogP contribution in [0.5, 0.6) is 0 Å². The summed E-state index contributed by atoms with van der Waals surface area (Å²) in [4.78, 5) is 10.7. The van der Waals surface area contributed by atoms with E-state index >= 15 is 0 Å². The van der Waals surface area contributed by atoms with Crippen LogP contribution in [0.25, 0.3) is 0 Å². The monoisotopic (exact) mass is 236 g/mol. The number of carbonyl (C=O) groups excluding carboxylic acids is 1. The molecule has 1 aliphatic carbocycles. The van der Waals surface area contributed by atoms with Crippen LogP contribution in [0, 0.1) is 6.92 Å². The summed E-state index contributed by atoms with van der Waals surface area (Å²) in [6.45, 7) is 2.87. The molecule has 0 aliphatic heterocycles. The number of aromatic nitrogens is 1. The predicted octanol–water partition coefficient (Wildman–Crippen LogP) is 1.43. The lowest BCUT2D eigenvalue weighted by atomic mass is 9.95. The van der Waals surface area contributed by atoms with Gasteiger partial charge in [-0.3, -0.25) is 4.79 Å². The van der Waals surface area contributed by atoms with E-state index in [9.17, 15) is 9.90 Å². The molecule has 1 aromatic rings. The van der Waals surface area contributed by atoms with Crippen LogP contribution in [-0.2, 0) is 17.8 Å². The fourth-order valence-corrected chi connectivity index (χ4v) is 2.66. The van der Waals surface area contributed by atoms with E-state index in [0.29, 0.717) is 6.42 Å². The highest BCUT2D eigenvalue weighted by atomic mass is 16.3. The van der Waals surface area contributed by atoms with E-state index in [-0.39, 0.29) is 12.0 Å². The van der Waals surface area contributed by atoms with E-state index in [0.717, 1.165) is 37.8 Å². The highest BCUT2D eigenvalue weighted by molar-refractivity contribution is 5.73. The molecular formula is C13H20N2O2. The summed E-state index contributed by atoms with van der Waals surface area (Å²) in [5.41, 5.74) is 8.63. The summed E-state index contributed by atoms with van der Waals surface area (Å²) in [6.07, 6.45) is 3.81. The molecule has 4 nitrogen and oxygen atoms in total. The summed E-state index contributed by atoms with van der Waals surface area (Å²) >= 11 is 0. The van der Waals surface area contributed by atoms with Crippen LogP contribution in [-0.4, -0.2) is 15.6 Å². The first-order chi connectivity index (χ1) is 8.09. The third kappa shape index (κ3) is 2.52. The second-order valence-corrected chi connectivity index (χ2v) is 4.82. The quantitative estimate of drug-likeness (QED) is 0.830. The minimum absolute atomic E-state index is 0.247. The van der Waals surface area contributed by atoms with Crippen LogP contribution in [0.1, 0.15) is 48.7 Å². The zero-order chi connectivity index (χ0) is 12.4. The summed E-state index contributed by atoms with van der Waals surface area (Å²) in [5.74, 6) is -0.247. The van der Waals surface area contributed by atoms with E-state index in [1.807, 2.05) is 0 Å². The first-order valence-corrected chi connectivity index (χ1v) is 6.25. The van der Waals surface area contributed by atoms with E-state index in [2.05, 4.69) is 17.6 Å². The van der Waals surface area contributed by atoms with Gasteiger partial charge in [0.2, 0.25) is 5.91 Å². The van der Waals surface area contributed by atoms with Crippen LogP contribution in [0.15, 0.2) is 6.07 Å². The number of rotatable bonds is 4. The van der Waals surface area contributed by atoms with Crippen molar-refractivity contribution < 1.29 is 9.90 Å². The molecular weight excluding hydrogens is 216 g/mol. The van der Waals surface area contributed by atoms with E-state index < -0.39 is 0 Å². The molecule has 0 spiro atoms. The molecule has 0 bridgehead atoms. The number of aliphatic hydroxyl groups is 1. The number of carbonyl (C=O) groups is 1. The first-order valence-electron chi connectivity index (χ1n) is 6.25. The van der Waals surface area contributed by atoms with Crippen molar-refractivity contribution in [2.24, 2.45) is 5.73 Å². The molecule has 0 saturated heterocycles. The van der Waals surface area contributed by atoms with Gasteiger partial charge in [-0.25, -0.2) is 0 Å².